The molecule has 2 aromatic rings. The van der Waals surface area contributed by atoms with Crippen molar-refractivity contribution in [3.05, 3.63) is 51.7 Å². The standard InChI is InChI=1S/C16H21NOS/c1-12(2)17-10-15-8-9-16(19-15)11-18-14-6-4-13(3)5-7-14/h4-9,12,17H,10-11H2,1-3H3. The van der Waals surface area contributed by atoms with E-state index in [4.69, 9.17) is 4.74 Å². The Hall–Kier alpha value is -1.32. The summed E-state index contributed by atoms with van der Waals surface area (Å²) < 4.78 is 5.78. The lowest BCUT2D eigenvalue weighted by atomic mass is 10.2. The Morgan fingerprint density at radius 1 is 1.05 bits per heavy atom. The molecule has 1 aromatic carbocycles. The van der Waals surface area contributed by atoms with Gasteiger partial charge in [0.25, 0.3) is 0 Å². The predicted molar refractivity (Wildman–Crippen MR) is 81.8 cm³/mol. The Kier molecular flexibility index (Phi) is 5.00. The summed E-state index contributed by atoms with van der Waals surface area (Å²) in [5.41, 5.74) is 1.26. The number of rotatable bonds is 6. The van der Waals surface area contributed by atoms with E-state index in [0.717, 1.165) is 12.3 Å². The van der Waals surface area contributed by atoms with Crippen molar-refractivity contribution in [2.75, 3.05) is 0 Å². The van der Waals surface area contributed by atoms with Gasteiger partial charge in [-0.1, -0.05) is 31.5 Å². The molecule has 0 bridgehead atoms. The molecule has 1 heterocycles. The highest BCUT2D eigenvalue weighted by atomic mass is 32.1. The zero-order valence-corrected chi connectivity index (χ0v) is 12.6. The first kappa shape index (κ1) is 14.1. The molecule has 19 heavy (non-hydrogen) atoms. The van der Waals surface area contributed by atoms with E-state index in [1.54, 1.807) is 0 Å². The largest absolute Gasteiger partial charge is 0.488 e. The van der Waals surface area contributed by atoms with Crippen LogP contribution in [-0.4, -0.2) is 6.04 Å². The highest BCUT2D eigenvalue weighted by Crippen LogP contribution is 2.19. The van der Waals surface area contributed by atoms with Crippen LogP contribution in [-0.2, 0) is 13.2 Å². The van der Waals surface area contributed by atoms with Crippen LogP contribution in [0.5, 0.6) is 5.75 Å². The molecule has 0 aliphatic carbocycles. The highest BCUT2D eigenvalue weighted by Gasteiger charge is 2.02. The molecule has 0 amide bonds. The Morgan fingerprint density at radius 3 is 2.42 bits per heavy atom. The van der Waals surface area contributed by atoms with Crippen LogP contribution >= 0.6 is 11.3 Å². The minimum absolute atomic E-state index is 0.523. The molecule has 2 nitrogen and oxygen atoms in total. The van der Waals surface area contributed by atoms with Crippen LogP contribution in [0.25, 0.3) is 0 Å². The van der Waals surface area contributed by atoms with Crippen LogP contribution in [0.15, 0.2) is 36.4 Å². The zero-order valence-electron chi connectivity index (χ0n) is 11.8. The summed E-state index contributed by atoms with van der Waals surface area (Å²) in [6.45, 7) is 7.99. The third kappa shape index (κ3) is 4.69. The Morgan fingerprint density at radius 2 is 1.74 bits per heavy atom. The lowest BCUT2D eigenvalue weighted by Crippen LogP contribution is -2.21. The number of hydrogen-bond donors (Lipinski definition) is 1. The predicted octanol–water partition coefficient (Wildman–Crippen LogP) is 4.13. The molecule has 0 saturated heterocycles. The second-order valence-electron chi connectivity index (χ2n) is 5.01. The molecule has 0 radical (unpaired) electrons. The van der Waals surface area contributed by atoms with Gasteiger partial charge in [-0.3, -0.25) is 0 Å². The van der Waals surface area contributed by atoms with E-state index in [-0.39, 0.29) is 0 Å². The third-order valence-electron chi connectivity index (χ3n) is 2.80. The first-order valence-electron chi connectivity index (χ1n) is 6.64. The van der Waals surface area contributed by atoms with Crippen molar-refractivity contribution in [1.82, 2.24) is 5.32 Å². The van der Waals surface area contributed by atoms with E-state index in [9.17, 15) is 0 Å². The smallest absolute Gasteiger partial charge is 0.122 e. The van der Waals surface area contributed by atoms with Crippen LogP contribution in [0, 0.1) is 6.92 Å². The van der Waals surface area contributed by atoms with E-state index in [1.165, 1.54) is 15.3 Å². The molecule has 0 aliphatic rings. The van der Waals surface area contributed by atoms with Gasteiger partial charge in [-0.05, 0) is 31.2 Å². The highest BCUT2D eigenvalue weighted by molar-refractivity contribution is 7.11. The van der Waals surface area contributed by atoms with E-state index < -0.39 is 0 Å². The number of nitrogens with one attached hydrogen (secondary N) is 1. The summed E-state index contributed by atoms with van der Waals surface area (Å²) in [4.78, 5) is 2.62. The van der Waals surface area contributed by atoms with Crippen molar-refractivity contribution < 1.29 is 4.74 Å². The lowest BCUT2D eigenvalue weighted by molar-refractivity contribution is 0.310. The topological polar surface area (TPSA) is 21.3 Å². The summed E-state index contributed by atoms with van der Waals surface area (Å²) in [5, 5.41) is 3.42. The van der Waals surface area contributed by atoms with Gasteiger partial charge in [0.1, 0.15) is 12.4 Å². The minimum atomic E-state index is 0.523. The van der Waals surface area contributed by atoms with Crippen molar-refractivity contribution in [3.8, 4) is 5.75 Å². The summed E-state index contributed by atoms with van der Waals surface area (Å²) in [6.07, 6.45) is 0. The molecule has 3 heteroatoms. The van der Waals surface area contributed by atoms with Gasteiger partial charge in [-0.25, -0.2) is 0 Å². The molecular formula is C16H21NOS. The number of ether oxygens (including phenoxy) is 1. The van der Waals surface area contributed by atoms with Crippen molar-refractivity contribution >= 4 is 11.3 Å². The number of hydrogen-bond acceptors (Lipinski definition) is 3. The van der Waals surface area contributed by atoms with Crippen molar-refractivity contribution in [1.29, 1.82) is 0 Å². The average molecular weight is 275 g/mol. The molecule has 2 rings (SSSR count). The third-order valence-corrected chi connectivity index (χ3v) is 3.86. The van der Waals surface area contributed by atoms with E-state index in [1.807, 2.05) is 23.5 Å². The Labute approximate surface area is 119 Å². The molecule has 0 saturated carbocycles. The van der Waals surface area contributed by atoms with Crippen molar-refractivity contribution in [2.24, 2.45) is 0 Å². The zero-order chi connectivity index (χ0) is 13.7. The first-order chi connectivity index (χ1) is 9.13. The van der Waals surface area contributed by atoms with Gasteiger partial charge in [0.05, 0.1) is 0 Å². The fraction of sp³-hybridized carbons (Fsp3) is 0.375. The quantitative estimate of drug-likeness (QED) is 0.855. The summed E-state index contributed by atoms with van der Waals surface area (Å²) >= 11 is 1.81. The molecule has 0 aliphatic heterocycles. The average Bonchev–Trinajstić information content (AvgIpc) is 2.84. The van der Waals surface area contributed by atoms with E-state index >= 15 is 0 Å². The maximum absolute atomic E-state index is 5.78. The van der Waals surface area contributed by atoms with Crippen molar-refractivity contribution in [2.45, 2.75) is 40.0 Å². The second kappa shape index (κ2) is 6.73. The van der Waals surface area contributed by atoms with Gasteiger partial charge in [-0.2, -0.15) is 0 Å². The lowest BCUT2D eigenvalue weighted by Gasteiger charge is -2.06. The van der Waals surface area contributed by atoms with Gasteiger partial charge in [0.15, 0.2) is 0 Å². The van der Waals surface area contributed by atoms with Gasteiger partial charge in [0, 0.05) is 22.3 Å². The van der Waals surface area contributed by atoms with Crippen LogP contribution in [0.4, 0.5) is 0 Å². The first-order valence-corrected chi connectivity index (χ1v) is 7.45. The monoisotopic (exact) mass is 275 g/mol. The number of thiophene rings is 1. The fourth-order valence-electron chi connectivity index (χ4n) is 1.69. The normalized spacial score (nSPS) is 10.9. The molecule has 1 aromatic heterocycles. The van der Waals surface area contributed by atoms with Crippen LogP contribution in [0.1, 0.15) is 29.2 Å². The Bertz CT molecular complexity index is 502. The molecule has 1 N–H and O–H groups in total. The summed E-state index contributed by atoms with van der Waals surface area (Å²) in [7, 11) is 0. The van der Waals surface area contributed by atoms with E-state index in [0.29, 0.717) is 12.6 Å². The number of benzene rings is 1. The van der Waals surface area contributed by atoms with Crippen molar-refractivity contribution in [3.63, 3.8) is 0 Å². The van der Waals surface area contributed by atoms with Gasteiger partial charge >= 0.3 is 0 Å². The van der Waals surface area contributed by atoms with E-state index in [2.05, 4.69) is 50.4 Å². The van der Waals surface area contributed by atoms with Gasteiger partial charge in [0.2, 0.25) is 0 Å². The van der Waals surface area contributed by atoms with Crippen LogP contribution in [0.2, 0.25) is 0 Å². The molecule has 0 fully saturated rings. The fourth-order valence-corrected chi connectivity index (χ4v) is 2.57. The summed E-state index contributed by atoms with van der Waals surface area (Å²) in [6, 6.07) is 13.0. The molecule has 0 unspecified atom stereocenters. The molecule has 0 atom stereocenters. The molecule has 102 valence electrons. The minimum Gasteiger partial charge on any atom is -0.488 e. The number of aryl methyl sites for hydroxylation is 1. The van der Waals surface area contributed by atoms with Gasteiger partial charge < -0.3 is 10.1 Å². The summed E-state index contributed by atoms with van der Waals surface area (Å²) in [5.74, 6) is 0.931. The maximum Gasteiger partial charge on any atom is 0.122 e. The SMILES string of the molecule is Cc1ccc(OCc2ccc(CNC(C)C)s2)cc1. The maximum atomic E-state index is 5.78. The molecule has 0 spiro atoms. The van der Waals surface area contributed by atoms with Gasteiger partial charge in [-0.15, -0.1) is 11.3 Å². The molecular weight excluding hydrogens is 254 g/mol. The Balaban J connectivity index is 1.84. The second-order valence-corrected chi connectivity index (χ2v) is 6.26. The van der Waals surface area contributed by atoms with Crippen LogP contribution < -0.4 is 10.1 Å². The van der Waals surface area contributed by atoms with Crippen LogP contribution in [0.3, 0.4) is 0 Å².